The lowest BCUT2D eigenvalue weighted by Crippen LogP contribution is -2.33. The Morgan fingerprint density at radius 2 is 1.83 bits per heavy atom. The Morgan fingerprint density at radius 3 is 2.42 bits per heavy atom. The smallest absolute Gasteiger partial charge is 0.282 e. The van der Waals surface area contributed by atoms with Gasteiger partial charge in [-0.3, -0.25) is 15.0 Å². The molecule has 3 unspecified atom stereocenters. The lowest BCUT2D eigenvalue weighted by atomic mass is 9.99. The van der Waals surface area contributed by atoms with Crippen LogP contribution in [0.25, 0.3) is 0 Å². The number of hydrogen-bond donors (Lipinski definition) is 3. The summed E-state index contributed by atoms with van der Waals surface area (Å²) >= 11 is 0. The summed E-state index contributed by atoms with van der Waals surface area (Å²) < 4.78 is 15.4. The second kappa shape index (κ2) is 5.65. The number of nitrogens with one attached hydrogen (secondary N) is 1. The molecular formula is C18H19FN2O3. The van der Waals surface area contributed by atoms with Gasteiger partial charge in [-0.15, -0.1) is 0 Å². The van der Waals surface area contributed by atoms with E-state index < -0.39 is 29.0 Å². The molecule has 1 fully saturated rings. The van der Waals surface area contributed by atoms with Gasteiger partial charge in [0.1, 0.15) is 5.60 Å². The lowest BCUT2D eigenvalue weighted by Gasteiger charge is -2.17. The molecule has 1 aromatic heterocycles. The molecule has 24 heavy (non-hydrogen) atoms. The van der Waals surface area contributed by atoms with E-state index in [4.69, 9.17) is 5.21 Å². The van der Waals surface area contributed by atoms with Crippen molar-refractivity contribution in [2.24, 2.45) is 0 Å². The van der Waals surface area contributed by atoms with Crippen molar-refractivity contribution in [2.75, 3.05) is 0 Å². The monoisotopic (exact) mass is 330 g/mol. The Bertz CT molecular complexity index is 760. The highest BCUT2D eigenvalue weighted by molar-refractivity contribution is 5.92. The zero-order chi connectivity index (χ0) is 17.5. The van der Waals surface area contributed by atoms with Crippen LogP contribution in [0.3, 0.4) is 0 Å². The summed E-state index contributed by atoms with van der Waals surface area (Å²) in [5.74, 6) is -2.53. The van der Waals surface area contributed by atoms with Gasteiger partial charge >= 0.3 is 0 Å². The maximum absolute atomic E-state index is 15.4. The number of aliphatic hydroxyl groups is 1. The molecule has 1 aromatic carbocycles. The molecule has 6 heteroatoms. The maximum atomic E-state index is 15.4. The number of hydrogen-bond acceptors (Lipinski definition) is 4. The quantitative estimate of drug-likeness (QED) is 0.594. The normalized spacial score (nSPS) is 26.0. The molecule has 3 N–H and O–H groups in total. The summed E-state index contributed by atoms with van der Waals surface area (Å²) in [6, 6.07) is 12.1. The number of alkyl halides is 1. The Hall–Kier alpha value is -2.31. The van der Waals surface area contributed by atoms with E-state index in [9.17, 15) is 9.90 Å². The first-order valence-electron chi connectivity index (χ1n) is 7.67. The highest BCUT2D eigenvalue weighted by Crippen LogP contribution is 2.66. The van der Waals surface area contributed by atoms with Crippen LogP contribution in [0.4, 0.5) is 4.39 Å². The number of rotatable bonds is 4. The fraction of sp³-hybridized carbons (Fsp3) is 0.333. The number of hydroxylamine groups is 1. The third kappa shape index (κ3) is 2.57. The highest BCUT2D eigenvalue weighted by atomic mass is 19.1. The topological polar surface area (TPSA) is 82.5 Å². The van der Waals surface area contributed by atoms with E-state index in [1.165, 1.54) is 11.7 Å². The van der Waals surface area contributed by atoms with Crippen LogP contribution >= 0.6 is 0 Å². The number of carbonyl (C=O) groups is 1. The zero-order valence-electron chi connectivity index (χ0n) is 13.4. The number of aromatic nitrogens is 1. The number of carbonyl (C=O) groups excluding carboxylic acids is 1. The van der Waals surface area contributed by atoms with Crippen LogP contribution in [-0.4, -0.2) is 26.9 Å². The minimum absolute atomic E-state index is 0.394. The third-order valence-electron chi connectivity index (χ3n) is 4.51. The molecule has 1 heterocycles. The molecule has 3 rings (SSSR count). The van der Waals surface area contributed by atoms with Crippen molar-refractivity contribution < 1.29 is 19.5 Å². The molecule has 0 saturated heterocycles. The van der Waals surface area contributed by atoms with Gasteiger partial charge in [0.05, 0.1) is 5.69 Å². The average Bonchev–Trinajstić information content (AvgIpc) is 3.21. The lowest BCUT2D eigenvalue weighted by molar-refractivity contribution is -0.136. The van der Waals surface area contributed by atoms with Gasteiger partial charge in [0.25, 0.3) is 5.91 Å². The van der Waals surface area contributed by atoms with Gasteiger partial charge in [-0.1, -0.05) is 30.3 Å². The van der Waals surface area contributed by atoms with Gasteiger partial charge in [-0.25, -0.2) is 9.87 Å². The molecule has 1 aliphatic carbocycles. The molecule has 0 bridgehead atoms. The minimum Gasteiger partial charge on any atom is -0.384 e. The van der Waals surface area contributed by atoms with E-state index in [2.05, 4.69) is 4.98 Å². The van der Waals surface area contributed by atoms with Crippen molar-refractivity contribution in [1.82, 2.24) is 10.5 Å². The van der Waals surface area contributed by atoms with E-state index in [0.717, 1.165) is 0 Å². The molecule has 1 aliphatic rings. The molecule has 126 valence electrons. The molecule has 2 aromatic rings. The van der Waals surface area contributed by atoms with Crippen molar-refractivity contribution in [3.8, 4) is 0 Å². The number of halogens is 1. The van der Waals surface area contributed by atoms with Crippen LogP contribution in [0.5, 0.6) is 0 Å². The number of benzene rings is 1. The summed E-state index contributed by atoms with van der Waals surface area (Å²) in [4.78, 5) is 16.1. The van der Waals surface area contributed by atoms with Crippen molar-refractivity contribution >= 4 is 5.91 Å². The van der Waals surface area contributed by atoms with Crippen LogP contribution in [0.15, 0.2) is 48.7 Å². The molecule has 5 nitrogen and oxygen atoms in total. The van der Waals surface area contributed by atoms with Crippen molar-refractivity contribution in [1.29, 1.82) is 0 Å². The highest BCUT2D eigenvalue weighted by Gasteiger charge is 2.72. The standard InChI is InChI=1S/C18H19FN2O3/c1-17(2,23)13-10-12(8-9-20-13)15-14(11-6-4-3-5-7-11)18(15,19)16(22)21-24/h3-10,14-15,23-24H,1-2H3,(H,21,22). The Labute approximate surface area is 139 Å². The van der Waals surface area contributed by atoms with Gasteiger partial charge in [-0.05, 0) is 37.1 Å². The van der Waals surface area contributed by atoms with Gasteiger partial charge in [0.15, 0.2) is 0 Å². The summed E-state index contributed by atoms with van der Waals surface area (Å²) in [5.41, 5.74) is -0.357. The molecule has 0 radical (unpaired) electrons. The van der Waals surface area contributed by atoms with Gasteiger partial charge in [0.2, 0.25) is 5.67 Å². The molecule has 3 atom stereocenters. The van der Waals surface area contributed by atoms with Crippen LogP contribution in [-0.2, 0) is 10.4 Å². The van der Waals surface area contributed by atoms with Gasteiger partial charge in [0, 0.05) is 18.0 Å². The van der Waals surface area contributed by atoms with Crippen LogP contribution in [0.2, 0.25) is 0 Å². The molecule has 0 spiro atoms. The Morgan fingerprint density at radius 1 is 1.21 bits per heavy atom. The second-order valence-electron chi connectivity index (χ2n) is 6.61. The summed E-state index contributed by atoms with van der Waals surface area (Å²) in [7, 11) is 0. The third-order valence-corrected chi connectivity index (χ3v) is 4.51. The summed E-state index contributed by atoms with van der Waals surface area (Å²) in [6.45, 7) is 3.17. The first-order chi connectivity index (χ1) is 11.3. The van der Waals surface area contributed by atoms with Crippen molar-refractivity contribution in [3.63, 3.8) is 0 Å². The van der Waals surface area contributed by atoms with E-state index in [1.807, 2.05) is 6.07 Å². The van der Waals surface area contributed by atoms with E-state index in [-0.39, 0.29) is 0 Å². The predicted molar refractivity (Wildman–Crippen MR) is 85.2 cm³/mol. The van der Waals surface area contributed by atoms with E-state index in [1.54, 1.807) is 50.2 Å². The molecule has 1 amide bonds. The molecule has 0 aliphatic heterocycles. The zero-order valence-corrected chi connectivity index (χ0v) is 13.4. The SMILES string of the molecule is CC(C)(O)c1cc(C2C(c3ccccc3)C2(F)C(=O)NO)ccn1. The van der Waals surface area contributed by atoms with Gasteiger partial charge < -0.3 is 5.11 Å². The maximum Gasteiger partial charge on any atom is 0.282 e. The summed E-state index contributed by atoms with van der Waals surface area (Å²) in [5, 5.41) is 19.0. The van der Waals surface area contributed by atoms with Crippen molar-refractivity contribution in [2.45, 2.75) is 37.0 Å². The largest absolute Gasteiger partial charge is 0.384 e. The molecule has 1 saturated carbocycles. The first-order valence-corrected chi connectivity index (χ1v) is 7.67. The predicted octanol–water partition coefficient (Wildman–Crippen LogP) is 2.40. The van der Waals surface area contributed by atoms with Crippen LogP contribution in [0, 0.1) is 0 Å². The van der Waals surface area contributed by atoms with Gasteiger partial charge in [-0.2, -0.15) is 0 Å². The van der Waals surface area contributed by atoms with E-state index in [0.29, 0.717) is 16.8 Å². The number of nitrogens with zero attached hydrogens (tertiary/aromatic N) is 1. The first kappa shape index (κ1) is 16.5. The van der Waals surface area contributed by atoms with Crippen LogP contribution in [0.1, 0.15) is 42.5 Å². The average molecular weight is 330 g/mol. The summed E-state index contributed by atoms with van der Waals surface area (Å²) in [6.07, 6.45) is 1.49. The Kier molecular flexibility index (Phi) is 3.89. The van der Waals surface area contributed by atoms with Crippen molar-refractivity contribution in [3.05, 3.63) is 65.5 Å². The fourth-order valence-electron chi connectivity index (χ4n) is 3.23. The minimum atomic E-state index is -2.24. The number of amides is 1. The second-order valence-corrected chi connectivity index (χ2v) is 6.61. The molecular weight excluding hydrogens is 311 g/mol. The Balaban J connectivity index is 2.04. The van der Waals surface area contributed by atoms with Crippen LogP contribution < -0.4 is 5.48 Å². The number of pyridine rings is 1. The van der Waals surface area contributed by atoms with E-state index >= 15 is 4.39 Å². The fourth-order valence-corrected chi connectivity index (χ4v) is 3.23.